The van der Waals surface area contributed by atoms with Crippen molar-refractivity contribution >= 4 is 0 Å². The fourth-order valence-electron chi connectivity index (χ4n) is 0.834. The fraction of sp³-hybridized carbons (Fsp3) is 0.571. The van der Waals surface area contributed by atoms with E-state index >= 15 is 0 Å². The van der Waals surface area contributed by atoms with Crippen LogP contribution < -0.4 is 5.73 Å². The van der Waals surface area contributed by atoms with Crippen LogP contribution in [0.5, 0.6) is 0 Å². The minimum absolute atomic E-state index is 0.632. The van der Waals surface area contributed by atoms with Crippen molar-refractivity contribution in [2.24, 2.45) is 5.73 Å². The second kappa shape index (κ2) is 2.84. The molecule has 1 rings (SSSR count). The van der Waals surface area contributed by atoms with Gasteiger partial charge in [0.15, 0.2) is 0 Å². The van der Waals surface area contributed by atoms with Gasteiger partial charge >= 0.3 is 0 Å². The van der Waals surface area contributed by atoms with Crippen LogP contribution in [0.15, 0.2) is 4.52 Å². The van der Waals surface area contributed by atoms with E-state index in [2.05, 4.69) is 5.16 Å². The summed E-state index contributed by atoms with van der Waals surface area (Å²) in [6.45, 7) is 4.53. The lowest BCUT2D eigenvalue weighted by Gasteiger charge is -1.90. The number of aryl methyl sites for hydroxylation is 1. The van der Waals surface area contributed by atoms with Gasteiger partial charge in [-0.25, -0.2) is 0 Å². The van der Waals surface area contributed by atoms with Gasteiger partial charge in [0.1, 0.15) is 5.76 Å². The van der Waals surface area contributed by atoms with Gasteiger partial charge in [0.05, 0.1) is 5.69 Å². The SMILES string of the molecule is Cc1onc(CCN)c1C. The van der Waals surface area contributed by atoms with E-state index in [9.17, 15) is 0 Å². The molecule has 0 spiro atoms. The summed E-state index contributed by atoms with van der Waals surface area (Å²) in [5, 5.41) is 3.85. The van der Waals surface area contributed by atoms with Gasteiger partial charge in [0, 0.05) is 12.0 Å². The predicted molar refractivity (Wildman–Crippen MR) is 38.7 cm³/mol. The first kappa shape index (κ1) is 7.28. The number of nitrogens with zero attached hydrogens (tertiary/aromatic N) is 1. The number of hydrogen-bond acceptors (Lipinski definition) is 3. The normalized spacial score (nSPS) is 10.3. The summed E-state index contributed by atoms with van der Waals surface area (Å²) in [6, 6.07) is 0. The van der Waals surface area contributed by atoms with E-state index in [1.54, 1.807) is 0 Å². The molecule has 2 N–H and O–H groups in total. The number of nitrogens with two attached hydrogens (primary N) is 1. The van der Waals surface area contributed by atoms with Crippen LogP contribution in [0.1, 0.15) is 17.0 Å². The molecule has 0 atom stereocenters. The van der Waals surface area contributed by atoms with E-state index in [1.165, 1.54) is 0 Å². The molecule has 0 aliphatic rings. The zero-order valence-corrected chi connectivity index (χ0v) is 6.35. The molecule has 0 bridgehead atoms. The number of hydrogen-bond donors (Lipinski definition) is 1. The second-order valence-electron chi connectivity index (χ2n) is 2.35. The van der Waals surface area contributed by atoms with Crippen molar-refractivity contribution in [3.8, 4) is 0 Å². The highest BCUT2D eigenvalue weighted by molar-refractivity contribution is 5.19. The average molecular weight is 140 g/mol. The molecule has 0 aliphatic heterocycles. The number of rotatable bonds is 2. The summed E-state index contributed by atoms with van der Waals surface area (Å²) in [4.78, 5) is 0. The minimum Gasteiger partial charge on any atom is -0.361 e. The molecule has 1 aromatic heterocycles. The molecule has 0 aromatic carbocycles. The third kappa shape index (κ3) is 1.19. The van der Waals surface area contributed by atoms with Crippen LogP contribution in [0.25, 0.3) is 0 Å². The smallest absolute Gasteiger partial charge is 0.136 e. The lowest BCUT2D eigenvalue weighted by molar-refractivity contribution is 0.390. The van der Waals surface area contributed by atoms with Crippen molar-refractivity contribution in [2.45, 2.75) is 20.3 Å². The average Bonchev–Trinajstić information content (AvgIpc) is 2.20. The van der Waals surface area contributed by atoms with E-state index in [1.807, 2.05) is 13.8 Å². The highest BCUT2D eigenvalue weighted by Crippen LogP contribution is 2.10. The maximum Gasteiger partial charge on any atom is 0.136 e. The molecule has 1 aromatic rings. The Bertz CT molecular complexity index is 217. The van der Waals surface area contributed by atoms with E-state index in [0.29, 0.717) is 6.54 Å². The molecule has 1 heterocycles. The molecule has 3 nitrogen and oxygen atoms in total. The van der Waals surface area contributed by atoms with Crippen molar-refractivity contribution in [1.29, 1.82) is 0 Å². The van der Waals surface area contributed by atoms with Crippen molar-refractivity contribution in [1.82, 2.24) is 5.16 Å². The molecule has 3 heteroatoms. The molecule has 0 fully saturated rings. The maximum atomic E-state index is 5.36. The summed E-state index contributed by atoms with van der Waals surface area (Å²) < 4.78 is 4.94. The van der Waals surface area contributed by atoms with Crippen LogP contribution in [0.2, 0.25) is 0 Å². The van der Waals surface area contributed by atoms with Gasteiger partial charge in [-0.1, -0.05) is 5.16 Å². The van der Waals surface area contributed by atoms with Gasteiger partial charge in [0.25, 0.3) is 0 Å². The fourth-order valence-corrected chi connectivity index (χ4v) is 0.834. The maximum absolute atomic E-state index is 5.36. The largest absolute Gasteiger partial charge is 0.361 e. The van der Waals surface area contributed by atoms with E-state index in [4.69, 9.17) is 10.3 Å². The molecular formula is C7H12N2O. The molecule has 0 saturated carbocycles. The van der Waals surface area contributed by atoms with Crippen molar-refractivity contribution in [3.63, 3.8) is 0 Å². The van der Waals surface area contributed by atoms with E-state index < -0.39 is 0 Å². The first-order valence-electron chi connectivity index (χ1n) is 3.37. The summed E-state index contributed by atoms with van der Waals surface area (Å²) >= 11 is 0. The van der Waals surface area contributed by atoms with Crippen LogP contribution in [0.4, 0.5) is 0 Å². The van der Waals surface area contributed by atoms with Gasteiger partial charge in [-0.05, 0) is 20.4 Å². The van der Waals surface area contributed by atoms with Crippen molar-refractivity contribution < 1.29 is 4.52 Å². The van der Waals surface area contributed by atoms with Gasteiger partial charge in [-0.3, -0.25) is 0 Å². The highest BCUT2D eigenvalue weighted by atomic mass is 16.5. The molecule has 0 saturated heterocycles. The minimum atomic E-state index is 0.632. The monoisotopic (exact) mass is 140 g/mol. The molecule has 0 unspecified atom stereocenters. The summed E-state index contributed by atoms with van der Waals surface area (Å²) in [5.41, 5.74) is 7.47. The third-order valence-corrected chi connectivity index (χ3v) is 1.63. The van der Waals surface area contributed by atoms with E-state index in [0.717, 1.165) is 23.4 Å². The molecule has 0 aliphatic carbocycles. The Balaban J connectivity index is 2.83. The summed E-state index contributed by atoms with van der Waals surface area (Å²) in [6.07, 6.45) is 0.809. The Morgan fingerprint density at radius 1 is 1.50 bits per heavy atom. The van der Waals surface area contributed by atoms with Crippen LogP contribution in [0, 0.1) is 13.8 Å². The standard InChI is InChI=1S/C7H12N2O/c1-5-6(2)10-9-7(5)3-4-8/h3-4,8H2,1-2H3. The van der Waals surface area contributed by atoms with Gasteiger partial charge in [-0.15, -0.1) is 0 Å². The molecule has 56 valence electrons. The first-order chi connectivity index (χ1) is 4.75. The quantitative estimate of drug-likeness (QED) is 0.660. The lowest BCUT2D eigenvalue weighted by atomic mass is 10.2. The third-order valence-electron chi connectivity index (χ3n) is 1.63. The van der Waals surface area contributed by atoms with Crippen molar-refractivity contribution in [2.75, 3.05) is 6.54 Å². The summed E-state index contributed by atoms with van der Waals surface area (Å²) in [5.74, 6) is 0.892. The van der Waals surface area contributed by atoms with Gasteiger partial charge < -0.3 is 10.3 Å². The Kier molecular flexibility index (Phi) is 2.06. The second-order valence-corrected chi connectivity index (χ2v) is 2.35. The Morgan fingerprint density at radius 3 is 2.60 bits per heavy atom. The summed E-state index contributed by atoms with van der Waals surface area (Å²) in [7, 11) is 0. The number of aromatic nitrogens is 1. The van der Waals surface area contributed by atoms with Crippen LogP contribution in [0.3, 0.4) is 0 Å². The first-order valence-corrected chi connectivity index (χ1v) is 3.37. The Morgan fingerprint density at radius 2 is 2.20 bits per heavy atom. The Hall–Kier alpha value is -0.830. The predicted octanol–water partition coefficient (Wildman–Crippen LogP) is 0.793. The molecule has 0 radical (unpaired) electrons. The lowest BCUT2D eigenvalue weighted by Crippen LogP contribution is -2.03. The highest BCUT2D eigenvalue weighted by Gasteiger charge is 2.05. The Labute approximate surface area is 60.2 Å². The van der Waals surface area contributed by atoms with Gasteiger partial charge in [0.2, 0.25) is 0 Å². The van der Waals surface area contributed by atoms with Crippen LogP contribution in [-0.4, -0.2) is 11.7 Å². The zero-order chi connectivity index (χ0) is 7.56. The van der Waals surface area contributed by atoms with Crippen LogP contribution in [-0.2, 0) is 6.42 Å². The zero-order valence-electron chi connectivity index (χ0n) is 6.35. The molecular weight excluding hydrogens is 128 g/mol. The van der Waals surface area contributed by atoms with Gasteiger partial charge in [-0.2, -0.15) is 0 Å². The topological polar surface area (TPSA) is 52.0 Å². The molecule has 10 heavy (non-hydrogen) atoms. The van der Waals surface area contributed by atoms with Crippen molar-refractivity contribution in [3.05, 3.63) is 17.0 Å². The van der Waals surface area contributed by atoms with Crippen LogP contribution >= 0.6 is 0 Å². The molecule has 0 amide bonds. The van der Waals surface area contributed by atoms with E-state index in [-0.39, 0.29) is 0 Å².